The first-order valence-corrected chi connectivity index (χ1v) is 15.5. The quantitative estimate of drug-likeness (QED) is 0.299. The zero-order valence-electron chi connectivity index (χ0n) is 22.9. The number of halogens is 2. The molecule has 2 amide bonds. The molecule has 4 rings (SSSR count). The summed E-state index contributed by atoms with van der Waals surface area (Å²) in [4.78, 5) is 28.7. The number of nitrogens with zero attached hydrogens (tertiary/aromatic N) is 2. The fourth-order valence-corrected chi connectivity index (χ4v) is 6.55. The fraction of sp³-hybridized carbons (Fsp3) is 0.333. The van der Waals surface area contributed by atoms with Gasteiger partial charge in [-0.2, -0.15) is 0 Å². The minimum absolute atomic E-state index is 0.0407. The molecule has 8 nitrogen and oxygen atoms in total. The second kappa shape index (κ2) is 13.6. The molecule has 218 valence electrons. The third-order valence-electron chi connectivity index (χ3n) is 7.13. The molecule has 1 fully saturated rings. The molecule has 1 saturated carbocycles. The number of hydrogen-bond acceptors (Lipinski definition) is 5. The SMILES string of the molecule is COc1cccc(CN(C(=O)CN(c2cccc(Cl)c2)S(=O)(=O)c2ccc(Cl)cc2)[C@H](C)C(=O)NC2CCCC2)c1. The summed E-state index contributed by atoms with van der Waals surface area (Å²) >= 11 is 12.2. The van der Waals surface area contributed by atoms with Gasteiger partial charge in [-0.15, -0.1) is 0 Å². The van der Waals surface area contributed by atoms with Gasteiger partial charge in [-0.05, 0) is 79.9 Å². The fourth-order valence-electron chi connectivity index (χ4n) is 4.84. The molecule has 41 heavy (non-hydrogen) atoms. The van der Waals surface area contributed by atoms with Crippen LogP contribution in [0.5, 0.6) is 5.75 Å². The minimum atomic E-state index is -4.22. The van der Waals surface area contributed by atoms with E-state index in [9.17, 15) is 18.0 Å². The maximum absolute atomic E-state index is 14.0. The first-order chi connectivity index (χ1) is 19.6. The van der Waals surface area contributed by atoms with Crippen LogP contribution in [0.2, 0.25) is 10.0 Å². The predicted molar refractivity (Wildman–Crippen MR) is 161 cm³/mol. The largest absolute Gasteiger partial charge is 0.497 e. The molecule has 0 heterocycles. The predicted octanol–water partition coefficient (Wildman–Crippen LogP) is 5.67. The molecule has 1 aliphatic rings. The summed E-state index contributed by atoms with van der Waals surface area (Å²) in [5, 5.41) is 3.74. The van der Waals surface area contributed by atoms with Crippen molar-refractivity contribution in [3.63, 3.8) is 0 Å². The van der Waals surface area contributed by atoms with Gasteiger partial charge in [0.05, 0.1) is 17.7 Å². The average molecular weight is 619 g/mol. The highest BCUT2D eigenvalue weighted by Crippen LogP contribution is 2.28. The Labute approximate surface area is 251 Å². The molecule has 11 heteroatoms. The van der Waals surface area contributed by atoms with E-state index in [0.717, 1.165) is 35.6 Å². The molecular formula is C30H33Cl2N3O5S. The van der Waals surface area contributed by atoms with Crippen molar-refractivity contribution in [3.05, 3.63) is 88.4 Å². The first-order valence-electron chi connectivity index (χ1n) is 13.3. The highest BCUT2D eigenvalue weighted by atomic mass is 35.5. The highest BCUT2D eigenvalue weighted by Gasteiger charge is 2.33. The lowest BCUT2D eigenvalue weighted by Gasteiger charge is -2.32. The number of methoxy groups -OCH3 is 1. The number of hydrogen-bond donors (Lipinski definition) is 1. The third kappa shape index (κ3) is 7.72. The Bertz CT molecular complexity index is 1480. The number of anilines is 1. The normalized spacial score (nSPS) is 14.3. The first kappa shape index (κ1) is 30.7. The third-order valence-corrected chi connectivity index (χ3v) is 9.41. The monoisotopic (exact) mass is 617 g/mol. The van der Waals surface area contributed by atoms with Crippen molar-refractivity contribution in [2.45, 2.75) is 56.1 Å². The number of benzene rings is 3. The molecule has 0 spiro atoms. The Kier molecular flexibility index (Phi) is 10.2. The summed E-state index contributed by atoms with van der Waals surface area (Å²) in [6.07, 6.45) is 3.88. The zero-order chi connectivity index (χ0) is 29.6. The lowest BCUT2D eigenvalue weighted by molar-refractivity contribution is -0.139. The summed E-state index contributed by atoms with van der Waals surface area (Å²) in [6, 6.07) is 18.3. The second-order valence-corrected chi connectivity index (χ2v) is 12.7. The second-order valence-electron chi connectivity index (χ2n) is 9.98. The Hall–Kier alpha value is -3.27. The van der Waals surface area contributed by atoms with Crippen LogP contribution in [0.25, 0.3) is 0 Å². The van der Waals surface area contributed by atoms with E-state index < -0.39 is 28.5 Å². The van der Waals surface area contributed by atoms with Gasteiger partial charge in [0.15, 0.2) is 0 Å². The van der Waals surface area contributed by atoms with Crippen LogP contribution in [0.15, 0.2) is 77.7 Å². The number of rotatable bonds is 11. The van der Waals surface area contributed by atoms with Crippen molar-refractivity contribution in [2.75, 3.05) is 18.0 Å². The van der Waals surface area contributed by atoms with E-state index in [4.69, 9.17) is 27.9 Å². The molecule has 0 radical (unpaired) electrons. The minimum Gasteiger partial charge on any atom is -0.497 e. The van der Waals surface area contributed by atoms with Crippen molar-refractivity contribution >= 4 is 50.7 Å². The van der Waals surface area contributed by atoms with Gasteiger partial charge in [0.2, 0.25) is 11.8 Å². The molecular weight excluding hydrogens is 585 g/mol. The van der Waals surface area contributed by atoms with Gasteiger partial charge in [0.1, 0.15) is 18.3 Å². The zero-order valence-corrected chi connectivity index (χ0v) is 25.3. The number of amides is 2. The molecule has 3 aromatic rings. The van der Waals surface area contributed by atoms with Gasteiger partial charge in [-0.1, -0.05) is 54.2 Å². The Balaban J connectivity index is 1.69. The maximum Gasteiger partial charge on any atom is 0.264 e. The number of ether oxygens (including phenoxy) is 1. The van der Waals surface area contributed by atoms with Gasteiger partial charge in [0, 0.05) is 22.6 Å². The molecule has 1 aliphatic carbocycles. The van der Waals surface area contributed by atoms with E-state index in [-0.39, 0.29) is 29.1 Å². The molecule has 0 bridgehead atoms. The Morgan fingerprint density at radius 1 is 0.976 bits per heavy atom. The van der Waals surface area contributed by atoms with Crippen molar-refractivity contribution in [2.24, 2.45) is 0 Å². The van der Waals surface area contributed by atoms with Gasteiger partial charge in [-0.3, -0.25) is 13.9 Å². The van der Waals surface area contributed by atoms with Crippen LogP contribution in [0, 0.1) is 0 Å². The molecule has 1 atom stereocenters. The highest BCUT2D eigenvalue weighted by molar-refractivity contribution is 7.92. The van der Waals surface area contributed by atoms with E-state index in [1.165, 1.54) is 35.2 Å². The lowest BCUT2D eigenvalue weighted by atomic mass is 10.1. The molecule has 1 N–H and O–H groups in total. The number of carbonyl (C=O) groups excluding carboxylic acids is 2. The topological polar surface area (TPSA) is 96.0 Å². The number of carbonyl (C=O) groups is 2. The lowest BCUT2D eigenvalue weighted by Crippen LogP contribution is -2.52. The van der Waals surface area contributed by atoms with E-state index >= 15 is 0 Å². The smallest absolute Gasteiger partial charge is 0.264 e. The molecule has 0 aromatic heterocycles. The maximum atomic E-state index is 14.0. The summed E-state index contributed by atoms with van der Waals surface area (Å²) in [6.45, 7) is 1.16. The Morgan fingerprint density at radius 3 is 2.32 bits per heavy atom. The van der Waals surface area contributed by atoms with E-state index in [1.54, 1.807) is 50.4 Å². The van der Waals surface area contributed by atoms with Crippen LogP contribution in [0.3, 0.4) is 0 Å². The Morgan fingerprint density at radius 2 is 1.66 bits per heavy atom. The molecule has 0 aliphatic heterocycles. The van der Waals surface area contributed by atoms with E-state index in [1.807, 2.05) is 6.07 Å². The van der Waals surface area contributed by atoms with Crippen molar-refractivity contribution < 1.29 is 22.7 Å². The van der Waals surface area contributed by atoms with Crippen LogP contribution in [0.4, 0.5) is 5.69 Å². The van der Waals surface area contributed by atoms with Crippen LogP contribution in [-0.4, -0.2) is 50.9 Å². The van der Waals surface area contributed by atoms with Crippen LogP contribution < -0.4 is 14.4 Å². The molecule has 0 saturated heterocycles. The number of sulfonamides is 1. The van der Waals surface area contributed by atoms with Gasteiger partial charge < -0.3 is 15.0 Å². The molecule has 3 aromatic carbocycles. The molecule has 0 unspecified atom stereocenters. The van der Waals surface area contributed by atoms with Gasteiger partial charge >= 0.3 is 0 Å². The summed E-state index contributed by atoms with van der Waals surface area (Å²) < 4.78 is 34.1. The van der Waals surface area contributed by atoms with Crippen molar-refractivity contribution in [1.29, 1.82) is 0 Å². The van der Waals surface area contributed by atoms with E-state index in [0.29, 0.717) is 15.8 Å². The standard InChI is InChI=1S/C30H33Cl2N3O5S/c1-21(30(37)33-25-9-3-4-10-25)34(19-22-7-5-12-27(17-22)40-2)29(36)20-35(26-11-6-8-24(32)18-26)41(38,39)28-15-13-23(31)14-16-28/h5-8,11-18,21,25H,3-4,9-10,19-20H2,1-2H3,(H,33,37)/t21-/m1/s1. The van der Waals surface area contributed by atoms with Crippen LogP contribution in [-0.2, 0) is 26.2 Å². The van der Waals surface area contributed by atoms with Crippen molar-refractivity contribution in [1.82, 2.24) is 10.2 Å². The van der Waals surface area contributed by atoms with Crippen molar-refractivity contribution in [3.8, 4) is 5.75 Å². The van der Waals surface area contributed by atoms with Gasteiger partial charge in [0.25, 0.3) is 10.0 Å². The average Bonchev–Trinajstić information content (AvgIpc) is 3.47. The number of nitrogens with one attached hydrogen (secondary N) is 1. The van der Waals surface area contributed by atoms with Crippen LogP contribution in [0.1, 0.15) is 38.2 Å². The summed E-state index contributed by atoms with van der Waals surface area (Å²) in [5.74, 6) is -0.244. The van der Waals surface area contributed by atoms with E-state index in [2.05, 4.69) is 5.32 Å². The summed E-state index contributed by atoms with van der Waals surface area (Å²) in [5.41, 5.74) is 0.943. The van der Waals surface area contributed by atoms with Gasteiger partial charge in [-0.25, -0.2) is 8.42 Å². The van der Waals surface area contributed by atoms with Crippen LogP contribution >= 0.6 is 23.2 Å². The summed E-state index contributed by atoms with van der Waals surface area (Å²) in [7, 11) is -2.67.